The summed E-state index contributed by atoms with van der Waals surface area (Å²) in [6.07, 6.45) is -0.791. The number of halogens is 2. The van der Waals surface area contributed by atoms with Crippen LogP contribution in [-0.4, -0.2) is 11.7 Å². The lowest BCUT2D eigenvalue weighted by Gasteiger charge is -2.14. The maximum Gasteiger partial charge on any atom is 0.133 e. The predicted molar refractivity (Wildman–Crippen MR) is 75.4 cm³/mol. The first kappa shape index (κ1) is 13.8. The van der Waals surface area contributed by atoms with E-state index in [4.69, 9.17) is 10.5 Å². The summed E-state index contributed by atoms with van der Waals surface area (Å²) in [6.45, 7) is 0.0632. The molecule has 0 aliphatic rings. The van der Waals surface area contributed by atoms with Crippen molar-refractivity contribution in [1.29, 1.82) is 0 Å². The first-order valence-corrected chi connectivity index (χ1v) is 6.47. The molecule has 2 aromatic carbocycles. The highest BCUT2D eigenvalue weighted by molar-refractivity contribution is 9.10. The van der Waals surface area contributed by atoms with Gasteiger partial charge in [-0.15, -0.1) is 0 Å². The molecular formula is C14H13BrFNO2. The van der Waals surface area contributed by atoms with Crippen LogP contribution in [0.1, 0.15) is 11.7 Å². The lowest BCUT2D eigenvalue weighted by molar-refractivity contribution is 0.108. The van der Waals surface area contributed by atoms with Gasteiger partial charge >= 0.3 is 0 Å². The zero-order chi connectivity index (χ0) is 13.8. The lowest BCUT2D eigenvalue weighted by atomic mass is 10.1. The van der Waals surface area contributed by atoms with E-state index in [-0.39, 0.29) is 12.4 Å². The van der Waals surface area contributed by atoms with Gasteiger partial charge in [0.25, 0.3) is 0 Å². The van der Waals surface area contributed by atoms with Crippen LogP contribution in [0.5, 0.6) is 5.75 Å². The molecular weight excluding hydrogens is 313 g/mol. The van der Waals surface area contributed by atoms with E-state index in [9.17, 15) is 9.50 Å². The molecule has 0 aliphatic carbocycles. The zero-order valence-corrected chi connectivity index (χ0v) is 11.6. The van der Waals surface area contributed by atoms with Gasteiger partial charge in [-0.1, -0.05) is 12.1 Å². The molecule has 0 saturated carbocycles. The van der Waals surface area contributed by atoms with Crippen LogP contribution < -0.4 is 10.5 Å². The van der Waals surface area contributed by atoms with Crippen molar-refractivity contribution in [1.82, 2.24) is 0 Å². The summed E-state index contributed by atoms with van der Waals surface area (Å²) < 4.78 is 18.9. The molecule has 0 heterocycles. The Kier molecular flexibility index (Phi) is 4.39. The maximum atomic E-state index is 12.9. The van der Waals surface area contributed by atoms with E-state index in [1.54, 1.807) is 24.3 Å². The number of anilines is 1. The van der Waals surface area contributed by atoms with Gasteiger partial charge in [0.2, 0.25) is 0 Å². The Morgan fingerprint density at radius 1 is 1.26 bits per heavy atom. The van der Waals surface area contributed by atoms with Gasteiger partial charge in [0.05, 0.1) is 4.47 Å². The van der Waals surface area contributed by atoms with E-state index in [1.807, 2.05) is 0 Å². The molecule has 100 valence electrons. The van der Waals surface area contributed by atoms with Crippen LogP contribution >= 0.6 is 15.9 Å². The number of nitrogens with two attached hydrogens (primary N) is 1. The molecule has 0 aromatic heterocycles. The van der Waals surface area contributed by atoms with Crippen molar-refractivity contribution in [2.45, 2.75) is 6.10 Å². The SMILES string of the molecule is Nc1cccc(C(O)COc2ccc(F)cc2Br)c1. The van der Waals surface area contributed by atoms with E-state index >= 15 is 0 Å². The van der Waals surface area contributed by atoms with Crippen LogP contribution in [0.4, 0.5) is 10.1 Å². The summed E-state index contributed by atoms with van der Waals surface area (Å²) in [6, 6.07) is 11.1. The lowest BCUT2D eigenvalue weighted by Crippen LogP contribution is -2.10. The van der Waals surface area contributed by atoms with Gasteiger partial charge in [0.15, 0.2) is 0 Å². The maximum absolute atomic E-state index is 12.9. The molecule has 2 rings (SSSR count). The van der Waals surface area contributed by atoms with Crippen molar-refractivity contribution in [3.63, 3.8) is 0 Å². The Morgan fingerprint density at radius 2 is 2.05 bits per heavy atom. The number of ether oxygens (including phenoxy) is 1. The fourth-order valence-electron chi connectivity index (χ4n) is 1.62. The van der Waals surface area contributed by atoms with Crippen molar-refractivity contribution in [3.05, 3.63) is 58.3 Å². The first-order valence-electron chi connectivity index (χ1n) is 5.67. The minimum absolute atomic E-state index is 0.0632. The summed E-state index contributed by atoms with van der Waals surface area (Å²) in [7, 11) is 0. The van der Waals surface area contributed by atoms with Crippen molar-refractivity contribution in [2.75, 3.05) is 12.3 Å². The average Bonchev–Trinajstić information content (AvgIpc) is 2.37. The standard InChI is InChI=1S/C14H13BrFNO2/c15-12-7-10(16)4-5-14(12)19-8-13(18)9-2-1-3-11(17)6-9/h1-7,13,18H,8,17H2. The molecule has 0 bridgehead atoms. The zero-order valence-electron chi connectivity index (χ0n) is 10.0. The smallest absolute Gasteiger partial charge is 0.133 e. The van der Waals surface area contributed by atoms with Gasteiger partial charge in [-0.3, -0.25) is 0 Å². The van der Waals surface area contributed by atoms with Crippen LogP contribution in [0.25, 0.3) is 0 Å². The van der Waals surface area contributed by atoms with Crippen molar-refractivity contribution in [2.24, 2.45) is 0 Å². The van der Waals surface area contributed by atoms with Gasteiger partial charge in [0.1, 0.15) is 24.3 Å². The largest absolute Gasteiger partial charge is 0.489 e. The van der Waals surface area contributed by atoms with Crippen molar-refractivity contribution < 1.29 is 14.2 Å². The molecule has 0 radical (unpaired) electrons. The minimum Gasteiger partial charge on any atom is -0.489 e. The van der Waals surface area contributed by atoms with Crippen LogP contribution in [-0.2, 0) is 0 Å². The molecule has 19 heavy (non-hydrogen) atoms. The second kappa shape index (κ2) is 6.04. The quantitative estimate of drug-likeness (QED) is 0.848. The second-order valence-electron chi connectivity index (χ2n) is 4.07. The molecule has 0 spiro atoms. The van der Waals surface area contributed by atoms with Gasteiger partial charge in [0, 0.05) is 5.69 Å². The van der Waals surface area contributed by atoms with E-state index in [0.717, 1.165) is 0 Å². The van der Waals surface area contributed by atoms with E-state index in [1.165, 1.54) is 18.2 Å². The number of aliphatic hydroxyl groups is 1. The Labute approximate surface area is 118 Å². The second-order valence-corrected chi connectivity index (χ2v) is 4.93. The number of hydrogen-bond acceptors (Lipinski definition) is 3. The molecule has 5 heteroatoms. The third-order valence-corrected chi connectivity index (χ3v) is 3.21. The molecule has 2 aromatic rings. The summed E-state index contributed by atoms with van der Waals surface area (Å²) >= 11 is 3.20. The predicted octanol–water partition coefficient (Wildman–Crippen LogP) is 3.28. The van der Waals surface area contributed by atoms with Gasteiger partial charge < -0.3 is 15.6 Å². The van der Waals surface area contributed by atoms with E-state index in [0.29, 0.717) is 21.5 Å². The molecule has 0 amide bonds. The van der Waals surface area contributed by atoms with Crippen LogP contribution in [0.3, 0.4) is 0 Å². The van der Waals surface area contributed by atoms with Gasteiger partial charge in [-0.2, -0.15) is 0 Å². The molecule has 0 saturated heterocycles. The molecule has 1 atom stereocenters. The number of hydrogen-bond donors (Lipinski definition) is 2. The van der Waals surface area contributed by atoms with Gasteiger partial charge in [-0.25, -0.2) is 4.39 Å². The third kappa shape index (κ3) is 3.68. The summed E-state index contributed by atoms with van der Waals surface area (Å²) in [5.41, 5.74) is 6.91. The van der Waals surface area contributed by atoms with Crippen molar-refractivity contribution >= 4 is 21.6 Å². The highest BCUT2D eigenvalue weighted by Gasteiger charge is 2.10. The Morgan fingerprint density at radius 3 is 2.74 bits per heavy atom. The van der Waals surface area contributed by atoms with Crippen LogP contribution in [0.15, 0.2) is 46.9 Å². The fraction of sp³-hybridized carbons (Fsp3) is 0.143. The van der Waals surface area contributed by atoms with Crippen molar-refractivity contribution in [3.8, 4) is 5.75 Å². The highest BCUT2D eigenvalue weighted by atomic mass is 79.9. The van der Waals surface area contributed by atoms with E-state index in [2.05, 4.69) is 15.9 Å². The third-order valence-electron chi connectivity index (χ3n) is 2.59. The monoisotopic (exact) mass is 325 g/mol. The molecule has 3 N–H and O–H groups in total. The van der Waals surface area contributed by atoms with Gasteiger partial charge in [-0.05, 0) is 51.8 Å². The van der Waals surface area contributed by atoms with E-state index < -0.39 is 6.10 Å². The summed E-state index contributed by atoms with van der Waals surface area (Å²) in [5, 5.41) is 9.98. The normalized spacial score (nSPS) is 12.2. The Bertz CT molecular complexity index is 577. The molecule has 1 unspecified atom stereocenters. The number of benzene rings is 2. The summed E-state index contributed by atoms with van der Waals surface area (Å²) in [4.78, 5) is 0. The number of rotatable bonds is 4. The molecule has 0 fully saturated rings. The fourth-order valence-corrected chi connectivity index (χ4v) is 2.09. The Balaban J connectivity index is 2.02. The molecule has 3 nitrogen and oxygen atoms in total. The average molecular weight is 326 g/mol. The highest BCUT2D eigenvalue weighted by Crippen LogP contribution is 2.26. The number of nitrogen functional groups attached to an aromatic ring is 1. The first-order chi connectivity index (χ1) is 9.06. The van der Waals surface area contributed by atoms with Crippen LogP contribution in [0.2, 0.25) is 0 Å². The van der Waals surface area contributed by atoms with Crippen LogP contribution in [0, 0.1) is 5.82 Å². The molecule has 0 aliphatic heterocycles. The number of aliphatic hydroxyl groups excluding tert-OH is 1. The summed E-state index contributed by atoms with van der Waals surface area (Å²) in [5.74, 6) is 0.125. The topological polar surface area (TPSA) is 55.5 Å². The minimum atomic E-state index is -0.791. The Hall–Kier alpha value is -1.59.